The molecule has 0 spiro atoms. The van der Waals surface area contributed by atoms with Crippen LogP contribution in [0.3, 0.4) is 0 Å². The first-order chi connectivity index (χ1) is 13.1. The van der Waals surface area contributed by atoms with Crippen LogP contribution in [-0.2, 0) is 13.5 Å². The molecule has 3 aromatic heterocycles. The zero-order valence-corrected chi connectivity index (χ0v) is 15.6. The Hall–Kier alpha value is -2.77. The molecule has 0 aliphatic rings. The van der Waals surface area contributed by atoms with Crippen molar-refractivity contribution in [1.82, 2.24) is 14.5 Å². The van der Waals surface area contributed by atoms with Gasteiger partial charge in [-0.1, -0.05) is 12.1 Å². The number of anilines is 1. The zero-order valence-electron chi connectivity index (χ0n) is 14.8. The predicted octanol–water partition coefficient (Wildman–Crippen LogP) is 4.01. The zero-order chi connectivity index (χ0) is 19.0. The van der Waals surface area contributed by atoms with Crippen LogP contribution in [0.2, 0.25) is 0 Å². The third kappa shape index (κ3) is 3.31. The van der Waals surface area contributed by atoms with Crippen molar-refractivity contribution in [2.75, 3.05) is 12.3 Å². The molecule has 3 N–H and O–H groups in total. The van der Waals surface area contributed by atoms with Gasteiger partial charge in [0.1, 0.15) is 17.2 Å². The number of thiophene rings is 1. The summed E-state index contributed by atoms with van der Waals surface area (Å²) in [5, 5.41) is 9.06. The number of halogens is 1. The van der Waals surface area contributed by atoms with Gasteiger partial charge in [0.25, 0.3) is 0 Å². The fraction of sp³-hybridized carbons (Fsp3) is 0.200. The van der Waals surface area contributed by atoms with Crippen molar-refractivity contribution < 1.29 is 9.50 Å². The number of aryl methyl sites for hydroxylation is 2. The highest BCUT2D eigenvalue weighted by molar-refractivity contribution is 7.18. The van der Waals surface area contributed by atoms with Crippen LogP contribution in [-0.4, -0.2) is 26.2 Å². The summed E-state index contributed by atoms with van der Waals surface area (Å²) in [5.41, 5.74) is 9.36. The number of aliphatic hydroxyl groups excluding tert-OH is 1. The Labute approximate surface area is 159 Å². The van der Waals surface area contributed by atoms with Crippen LogP contribution in [0.25, 0.3) is 32.0 Å². The summed E-state index contributed by atoms with van der Waals surface area (Å²) in [6, 6.07) is 12.5. The Balaban J connectivity index is 1.75. The maximum absolute atomic E-state index is 13.5. The molecule has 4 aromatic rings. The number of nitrogens with zero attached hydrogens (tertiary/aromatic N) is 3. The molecule has 27 heavy (non-hydrogen) atoms. The van der Waals surface area contributed by atoms with Crippen molar-refractivity contribution in [3.05, 3.63) is 54.1 Å². The first-order valence-corrected chi connectivity index (χ1v) is 9.47. The third-order valence-electron chi connectivity index (χ3n) is 4.52. The van der Waals surface area contributed by atoms with Crippen LogP contribution in [0.4, 0.5) is 10.2 Å². The Morgan fingerprint density at radius 2 is 1.96 bits per heavy atom. The van der Waals surface area contributed by atoms with Crippen molar-refractivity contribution >= 4 is 28.2 Å². The Morgan fingerprint density at radius 1 is 1.15 bits per heavy atom. The van der Waals surface area contributed by atoms with E-state index in [0.29, 0.717) is 24.2 Å². The molecule has 0 saturated heterocycles. The van der Waals surface area contributed by atoms with Crippen molar-refractivity contribution in [1.29, 1.82) is 0 Å². The van der Waals surface area contributed by atoms with Gasteiger partial charge in [-0.15, -0.1) is 11.3 Å². The summed E-state index contributed by atoms with van der Waals surface area (Å²) in [4.78, 5) is 11.0. The van der Waals surface area contributed by atoms with Crippen LogP contribution in [0.5, 0.6) is 0 Å². The fourth-order valence-corrected chi connectivity index (χ4v) is 4.08. The summed E-state index contributed by atoms with van der Waals surface area (Å²) < 4.78 is 15.5. The van der Waals surface area contributed by atoms with Crippen molar-refractivity contribution in [3.8, 4) is 21.0 Å². The van der Waals surface area contributed by atoms with E-state index in [1.165, 1.54) is 12.1 Å². The number of fused-ring (bicyclic) bond motifs is 1. The second-order valence-electron chi connectivity index (χ2n) is 6.35. The van der Waals surface area contributed by atoms with Crippen LogP contribution in [0, 0.1) is 5.82 Å². The second kappa shape index (κ2) is 7.09. The molecular formula is C20H19FN4OS. The number of aliphatic hydroxyl groups is 1. The molecule has 0 fully saturated rings. The quantitative estimate of drug-likeness (QED) is 0.547. The lowest BCUT2D eigenvalue weighted by molar-refractivity contribution is 0.287. The fourth-order valence-electron chi connectivity index (χ4n) is 3.12. The number of rotatable bonds is 5. The molecule has 0 amide bonds. The highest BCUT2D eigenvalue weighted by atomic mass is 32.1. The highest BCUT2D eigenvalue weighted by Crippen LogP contribution is 2.35. The van der Waals surface area contributed by atoms with E-state index < -0.39 is 0 Å². The minimum absolute atomic E-state index is 0.125. The van der Waals surface area contributed by atoms with Gasteiger partial charge in [-0.05, 0) is 42.3 Å². The predicted molar refractivity (Wildman–Crippen MR) is 107 cm³/mol. The normalized spacial score (nSPS) is 11.4. The van der Waals surface area contributed by atoms with E-state index in [1.54, 1.807) is 17.4 Å². The summed E-state index contributed by atoms with van der Waals surface area (Å²) in [6.45, 7) is 0.125. The molecule has 0 bridgehead atoms. The molecule has 0 atom stereocenters. The third-order valence-corrected chi connectivity index (χ3v) is 5.67. The number of aromatic nitrogens is 3. The van der Waals surface area contributed by atoms with Gasteiger partial charge in [0.2, 0.25) is 0 Å². The lowest BCUT2D eigenvalue weighted by Crippen LogP contribution is -1.99. The monoisotopic (exact) mass is 382 g/mol. The Bertz CT molecular complexity index is 1120. The molecule has 138 valence electrons. The molecule has 0 aliphatic carbocycles. The van der Waals surface area contributed by atoms with Gasteiger partial charge in [-0.2, -0.15) is 0 Å². The number of hydrogen-bond donors (Lipinski definition) is 2. The minimum Gasteiger partial charge on any atom is -0.396 e. The van der Waals surface area contributed by atoms with Crippen molar-refractivity contribution in [2.24, 2.45) is 7.05 Å². The van der Waals surface area contributed by atoms with Gasteiger partial charge < -0.3 is 15.4 Å². The topological polar surface area (TPSA) is 77.0 Å². The molecule has 0 unspecified atom stereocenters. The number of imidazole rings is 1. The molecule has 0 saturated carbocycles. The Kier molecular flexibility index (Phi) is 4.63. The lowest BCUT2D eigenvalue weighted by Gasteiger charge is -2.03. The van der Waals surface area contributed by atoms with E-state index in [9.17, 15) is 4.39 Å². The first-order valence-electron chi connectivity index (χ1n) is 8.65. The van der Waals surface area contributed by atoms with Crippen LogP contribution in [0.15, 0.2) is 42.5 Å². The minimum atomic E-state index is -0.253. The van der Waals surface area contributed by atoms with E-state index in [1.807, 2.05) is 35.9 Å². The summed E-state index contributed by atoms with van der Waals surface area (Å²) >= 11 is 1.54. The van der Waals surface area contributed by atoms with E-state index in [2.05, 4.69) is 9.97 Å². The molecule has 0 aliphatic heterocycles. The molecule has 3 heterocycles. The van der Waals surface area contributed by atoms with Crippen LogP contribution < -0.4 is 5.73 Å². The average molecular weight is 382 g/mol. The van der Waals surface area contributed by atoms with Crippen LogP contribution >= 0.6 is 11.3 Å². The molecule has 4 rings (SSSR count). The lowest BCUT2D eigenvalue weighted by atomic mass is 10.2. The van der Waals surface area contributed by atoms with E-state index >= 15 is 0 Å². The van der Waals surface area contributed by atoms with Crippen LogP contribution in [0.1, 0.15) is 12.2 Å². The van der Waals surface area contributed by atoms with Gasteiger partial charge in [0.05, 0.1) is 16.1 Å². The van der Waals surface area contributed by atoms with Crippen molar-refractivity contribution in [2.45, 2.75) is 12.8 Å². The second-order valence-corrected chi connectivity index (χ2v) is 7.43. The van der Waals surface area contributed by atoms with E-state index in [-0.39, 0.29) is 12.4 Å². The maximum atomic E-state index is 13.5. The SMILES string of the molecule is Cn1c(CCCO)nc2c(N)nc(-c3ccc(-c4cccc(F)c4)s3)cc21. The number of pyridine rings is 1. The van der Waals surface area contributed by atoms with E-state index in [0.717, 1.165) is 32.4 Å². The molecule has 5 nitrogen and oxygen atoms in total. The number of nitrogens with two attached hydrogens (primary N) is 1. The van der Waals surface area contributed by atoms with Crippen molar-refractivity contribution in [3.63, 3.8) is 0 Å². The molecular weight excluding hydrogens is 363 g/mol. The number of benzene rings is 1. The number of nitrogen functional groups attached to an aromatic ring is 1. The van der Waals surface area contributed by atoms with Gasteiger partial charge >= 0.3 is 0 Å². The van der Waals surface area contributed by atoms with Gasteiger partial charge in [0, 0.05) is 25.0 Å². The summed E-state index contributed by atoms with van der Waals surface area (Å²) in [5.74, 6) is 1.00. The smallest absolute Gasteiger partial charge is 0.152 e. The van der Waals surface area contributed by atoms with Gasteiger partial charge in [0.15, 0.2) is 5.82 Å². The first kappa shape index (κ1) is 17.6. The largest absolute Gasteiger partial charge is 0.396 e. The standard InChI is InChI=1S/C20H19FN4OS/c1-25-15-11-14(23-20(22)19(15)24-18(25)6-3-9-26)17-8-7-16(27-17)12-4-2-5-13(21)10-12/h2,4-5,7-8,10-11,26H,3,6,9H2,1H3,(H2,22,23). The maximum Gasteiger partial charge on any atom is 0.152 e. The summed E-state index contributed by atoms with van der Waals surface area (Å²) in [6.07, 6.45) is 1.33. The summed E-state index contributed by atoms with van der Waals surface area (Å²) in [7, 11) is 1.94. The van der Waals surface area contributed by atoms with Gasteiger partial charge in [-0.3, -0.25) is 0 Å². The average Bonchev–Trinajstić information content (AvgIpc) is 3.26. The highest BCUT2D eigenvalue weighted by Gasteiger charge is 2.15. The van der Waals surface area contributed by atoms with Gasteiger partial charge in [-0.25, -0.2) is 14.4 Å². The molecule has 0 radical (unpaired) electrons. The molecule has 7 heteroatoms. The Morgan fingerprint density at radius 3 is 2.74 bits per heavy atom. The molecule has 1 aromatic carbocycles. The van der Waals surface area contributed by atoms with E-state index in [4.69, 9.17) is 10.8 Å². The number of hydrogen-bond acceptors (Lipinski definition) is 5.